The first-order chi connectivity index (χ1) is 16.7. The highest BCUT2D eigenvalue weighted by atomic mass is 19.3. The molecule has 0 atom stereocenters. The third-order valence-corrected chi connectivity index (χ3v) is 5.24. The summed E-state index contributed by atoms with van der Waals surface area (Å²) in [6, 6.07) is 12.1. The number of aryl methyl sites for hydroxylation is 2. The number of amides is 1. The molecule has 180 valence electrons. The molecule has 9 nitrogen and oxygen atoms in total. The molecule has 0 aliphatic heterocycles. The zero-order valence-corrected chi connectivity index (χ0v) is 18.9. The number of nitro benzene ring substituents is 1. The van der Waals surface area contributed by atoms with Gasteiger partial charge >= 0.3 is 0 Å². The molecular formula is C24H21F2N5O4. The van der Waals surface area contributed by atoms with E-state index in [0.29, 0.717) is 23.1 Å². The second-order valence-electron chi connectivity index (χ2n) is 7.68. The highest BCUT2D eigenvalue weighted by molar-refractivity contribution is 6.13. The number of halogens is 2. The molecule has 0 bridgehead atoms. The van der Waals surface area contributed by atoms with E-state index >= 15 is 0 Å². The third-order valence-electron chi connectivity index (χ3n) is 5.24. The van der Waals surface area contributed by atoms with Crippen molar-refractivity contribution in [1.29, 1.82) is 0 Å². The molecule has 0 aliphatic carbocycles. The van der Waals surface area contributed by atoms with Gasteiger partial charge in [0.15, 0.2) is 0 Å². The van der Waals surface area contributed by atoms with Crippen LogP contribution >= 0.6 is 0 Å². The van der Waals surface area contributed by atoms with Crippen molar-refractivity contribution >= 4 is 28.2 Å². The normalized spacial score (nSPS) is 11.1. The number of nitrogens with one attached hydrogen (secondary N) is 1. The van der Waals surface area contributed by atoms with Gasteiger partial charge in [-0.25, -0.2) is 13.8 Å². The van der Waals surface area contributed by atoms with Gasteiger partial charge in [-0.05, 0) is 26.0 Å². The first-order valence-electron chi connectivity index (χ1n) is 10.7. The number of hydrogen-bond acceptors (Lipinski definition) is 6. The monoisotopic (exact) mass is 481 g/mol. The fourth-order valence-electron chi connectivity index (χ4n) is 3.63. The number of pyridine rings is 1. The Balaban J connectivity index is 1.74. The zero-order chi connectivity index (χ0) is 25.1. The molecule has 35 heavy (non-hydrogen) atoms. The molecular weight excluding hydrogens is 460 g/mol. The van der Waals surface area contributed by atoms with E-state index in [9.17, 15) is 23.7 Å². The van der Waals surface area contributed by atoms with Crippen LogP contribution in [-0.4, -0.2) is 38.6 Å². The molecule has 0 saturated heterocycles. The van der Waals surface area contributed by atoms with Crippen molar-refractivity contribution in [2.45, 2.75) is 26.8 Å². The van der Waals surface area contributed by atoms with Crippen molar-refractivity contribution in [1.82, 2.24) is 14.8 Å². The van der Waals surface area contributed by atoms with Gasteiger partial charge in [0.05, 0.1) is 39.1 Å². The van der Waals surface area contributed by atoms with Crippen LogP contribution in [0.15, 0.2) is 54.7 Å². The van der Waals surface area contributed by atoms with E-state index in [1.54, 1.807) is 35.0 Å². The number of carbonyl (C=O) groups is 1. The topological polar surface area (TPSA) is 112 Å². The fourth-order valence-corrected chi connectivity index (χ4v) is 3.63. The first kappa shape index (κ1) is 23.7. The Morgan fingerprint density at radius 1 is 1.23 bits per heavy atom. The smallest absolute Gasteiger partial charge is 0.275 e. The summed E-state index contributed by atoms with van der Waals surface area (Å²) in [5, 5.41) is 18.9. The number of anilines is 1. The van der Waals surface area contributed by atoms with E-state index in [2.05, 4.69) is 15.4 Å². The van der Waals surface area contributed by atoms with Gasteiger partial charge in [-0.2, -0.15) is 5.10 Å². The van der Waals surface area contributed by atoms with Crippen LogP contribution in [0.4, 0.5) is 20.2 Å². The maximum absolute atomic E-state index is 13.3. The number of non-ortho nitro benzene ring substituents is 1. The molecule has 2 aromatic carbocycles. The average molecular weight is 481 g/mol. The minimum atomic E-state index is -2.76. The Morgan fingerprint density at radius 3 is 2.69 bits per heavy atom. The molecule has 1 N–H and O–H groups in total. The summed E-state index contributed by atoms with van der Waals surface area (Å²) in [6.07, 6.45) is -0.907. The number of nitrogens with zero attached hydrogens (tertiary/aromatic N) is 4. The van der Waals surface area contributed by atoms with Gasteiger partial charge in [-0.15, -0.1) is 0 Å². The predicted octanol–water partition coefficient (Wildman–Crippen LogP) is 5.23. The summed E-state index contributed by atoms with van der Waals surface area (Å²) in [5.74, 6) is -0.705. The molecule has 2 aromatic heterocycles. The van der Waals surface area contributed by atoms with Gasteiger partial charge in [0, 0.05) is 35.8 Å². The van der Waals surface area contributed by atoms with Crippen LogP contribution in [0.1, 0.15) is 23.0 Å². The number of carbonyl (C=O) groups excluding carboxylic acids is 1. The van der Waals surface area contributed by atoms with Crippen molar-refractivity contribution in [2.75, 3.05) is 11.9 Å². The lowest BCUT2D eigenvalue weighted by atomic mass is 10.0. The van der Waals surface area contributed by atoms with Crippen molar-refractivity contribution in [2.24, 2.45) is 0 Å². The summed E-state index contributed by atoms with van der Waals surface area (Å²) in [5.41, 5.74) is 2.56. The summed E-state index contributed by atoms with van der Waals surface area (Å²) in [7, 11) is 0. The SMILES string of the molecule is CCn1cc(-c2cc(C(=O)Nc3cc(OCC(F)F)cc([N+](=O)[O-])c3)c3ccccc3n2)c(C)n1. The number of nitro groups is 1. The van der Waals surface area contributed by atoms with Gasteiger partial charge in [0.2, 0.25) is 0 Å². The average Bonchev–Trinajstić information content (AvgIpc) is 3.22. The van der Waals surface area contributed by atoms with Crippen LogP contribution in [-0.2, 0) is 6.54 Å². The predicted molar refractivity (Wildman–Crippen MR) is 126 cm³/mol. The molecule has 0 aliphatic rings. The Labute approximate surface area is 198 Å². The number of fused-ring (bicyclic) bond motifs is 1. The summed E-state index contributed by atoms with van der Waals surface area (Å²) in [4.78, 5) is 28.6. The Kier molecular flexibility index (Phi) is 6.67. The zero-order valence-electron chi connectivity index (χ0n) is 18.9. The van der Waals surface area contributed by atoms with Gasteiger partial charge in [0.25, 0.3) is 18.0 Å². The van der Waals surface area contributed by atoms with Crippen LogP contribution in [0.25, 0.3) is 22.2 Å². The maximum Gasteiger partial charge on any atom is 0.275 e. The molecule has 0 unspecified atom stereocenters. The minimum absolute atomic E-state index is 0.0332. The van der Waals surface area contributed by atoms with Gasteiger partial charge in [-0.3, -0.25) is 19.6 Å². The highest BCUT2D eigenvalue weighted by Crippen LogP contribution is 2.30. The lowest BCUT2D eigenvalue weighted by molar-refractivity contribution is -0.384. The van der Waals surface area contributed by atoms with Crippen molar-refractivity contribution < 1.29 is 23.2 Å². The number of benzene rings is 2. The Morgan fingerprint density at radius 2 is 2.00 bits per heavy atom. The number of hydrogen-bond donors (Lipinski definition) is 1. The highest BCUT2D eigenvalue weighted by Gasteiger charge is 2.19. The molecule has 0 radical (unpaired) electrons. The van der Waals surface area contributed by atoms with E-state index < -0.39 is 29.6 Å². The van der Waals surface area contributed by atoms with E-state index in [4.69, 9.17) is 4.74 Å². The molecule has 2 heterocycles. The fraction of sp³-hybridized carbons (Fsp3) is 0.208. The van der Waals surface area contributed by atoms with Crippen molar-refractivity contribution in [3.63, 3.8) is 0 Å². The molecule has 0 saturated carbocycles. The van der Waals surface area contributed by atoms with E-state index in [1.807, 2.05) is 20.0 Å². The van der Waals surface area contributed by atoms with E-state index in [-0.39, 0.29) is 17.0 Å². The molecule has 1 amide bonds. The number of alkyl halides is 2. The molecule has 0 spiro atoms. The van der Waals surface area contributed by atoms with Gasteiger partial charge < -0.3 is 10.1 Å². The van der Waals surface area contributed by atoms with Gasteiger partial charge in [0.1, 0.15) is 12.4 Å². The lowest BCUT2D eigenvalue weighted by Crippen LogP contribution is -2.14. The van der Waals surface area contributed by atoms with Crippen LogP contribution in [0.2, 0.25) is 0 Å². The molecule has 4 aromatic rings. The largest absolute Gasteiger partial charge is 0.487 e. The van der Waals surface area contributed by atoms with Crippen LogP contribution < -0.4 is 10.1 Å². The standard InChI is InChI=1S/C24H21F2N5O4/c1-3-30-12-20(14(2)29-30)22-11-19(18-6-4-5-7-21(18)28-22)24(32)27-15-8-16(31(33)34)10-17(9-15)35-13-23(25)26/h4-12,23H,3,13H2,1-2H3,(H,27,32). The quantitative estimate of drug-likeness (QED) is 0.272. The summed E-state index contributed by atoms with van der Waals surface area (Å²) >= 11 is 0. The van der Waals surface area contributed by atoms with E-state index in [1.165, 1.54) is 6.07 Å². The second-order valence-corrected chi connectivity index (χ2v) is 7.68. The Bertz CT molecular complexity index is 1420. The number of para-hydroxylation sites is 1. The Hall–Kier alpha value is -4.41. The number of rotatable bonds is 8. The minimum Gasteiger partial charge on any atom is -0.487 e. The van der Waals surface area contributed by atoms with E-state index in [0.717, 1.165) is 23.4 Å². The molecule has 11 heteroatoms. The second kappa shape index (κ2) is 9.84. The summed E-state index contributed by atoms with van der Waals surface area (Å²) < 4.78 is 31.8. The summed E-state index contributed by atoms with van der Waals surface area (Å²) in [6.45, 7) is 3.55. The van der Waals surface area contributed by atoms with Crippen LogP contribution in [0.5, 0.6) is 5.75 Å². The van der Waals surface area contributed by atoms with Gasteiger partial charge in [-0.1, -0.05) is 18.2 Å². The first-order valence-corrected chi connectivity index (χ1v) is 10.7. The van der Waals surface area contributed by atoms with Crippen LogP contribution in [0, 0.1) is 17.0 Å². The molecule has 0 fully saturated rings. The maximum atomic E-state index is 13.3. The van der Waals surface area contributed by atoms with Crippen molar-refractivity contribution in [3.8, 4) is 17.0 Å². The van der Waals surface area contributed by atoms with Crippen LogP contribution in [0.3, 0.4) is 0 Å². The lowest BCUT2D eigenvalue weighted by Gasteiger charge is -2.12. The molecule has 4 rings (SSSR count). The number of aromatic nitrogens is 3. The third kappa shape index (κ3) is 5.24. The number of ether oxygens (including phenoxy) is 1. The van der Waals surface area contributed by atoms with Crippen molar-refractivity contribution in [3.05, 3.63) is 76.1 Å².